The van der Waals surface area contributed by atoms with Gasteiger partial charge in [-0.1, -0.05) is 18.9 Å². The van der Waals surface area contributed by atoms with E-state index in [-0.39, 0.29) is 30.9 Å². The van der Waals surface area contributed by atoms with E-state index >= 15 is 0 Å². The van der Waals surface area contributed by atoms with E-state index in [9.17, 15) is 4.79 Å². The number of rotatable bonds is 12. The fraction of sp³-hybridized carbons (Fsp3) is 0.667. The van der Waals surface area contributed by atoms with E-state index in [0.717, 1.165) is 49.9 Å². The second-order valence-electron chi connectivity index (χ2n) is 10.7. The number of benzene rings is 1. The van der Waals surface area contributed by atoms with Crippen LogP contribution in [0.5, 0.6) is 11.5 Å². The molecule has 1 saturated heterocycles. The molecule has 38 heavy (non-hydrogen) atoms. The molecule has 2 fully saturated rings. The van der Waals surface area contributed by atoms with Gasteiger partial charge in [0, 0.05) is 43.6 Å². The van der Waals surface area contributed by atoms with E-state index in [1.54, 1.807) is 7.11 Å². The summed E-state index contributed by atoms with van der Waals surface area (Å²) in [5, 5.41) is 4.31. The van der Waals surface area contributed by atoms with Crippen molar-refractivity contribution in [1.29, 1.82) is 0 Å². The average Bonchev–Trinajstić information content (AvgIpc) is 3.20. The molecule has 1 N–H and O–H groups in total. The Kier molecular flexibility index (Phi) is 11.0. The number of amides is 1. The predicted molar refractivity (Wildman–Crippen MR) is 149 cm³/mol. The van der Waals surface area contributed by atoms with Crippen molar-refractivity contribution in [3.8, 4) is 11.5 Å². The quantitative estimate of drug-likeness (QED) is 0.227. The summed E-state index contributed by atoms with van der Waals surface area (Å²) in [6.07, 6.45) is 9.93. The van der Waals surface area contributed by atoms with Crippen LogP contribution >= 0.6 is 0 Å². The van der Waals surface area contributed by atoms with Crippen LogP contribution in [-0.2, 0) is 9.47 Å². The summed E-state index contributed by atoms with van der Waals surface area (Å²) in [5.74, 6) is 1.32. The highest BCUT2D eigenvalue weighted by molar-refractivity contribution is 5.98. The van der Waals surface area contributed by atoms with E-state index in [1.165, 1.54) is 25.7 Å². The standard InChI is InChI=1S/C30H45N3O5/c1-22(2)33(23-11-9-16-31-20-23)30(34)26-19-28(37-18-10-17-36-21-35-3)25-14-8-15-27(29(25)32-26)38-24-12-6-4-5-7-13-24/h8,14-15,19,22-24,31H,4-7,9-13,16-18,20-21H2,1-3H3/t23-/m1/s1. The number of nitrogens with one attached hydrogen (secondary N) is 1. The third kappa shape index (κ3) is 7.58. The van der Waals surface area contributed by atoms with Crippen molar-refractivity contribution in [2.24, 2.45) is 0 Å². The minimum atomic E-state index is -0.0619. The van der Waals surface area contributed by atoms with Crippen LogP contribution in [0.25, 0.3) is 10.9 Å². The van der Waals surface area contributed by atoms with Crippen molar-refractivity contribution in [1.82, 2.24) is 15.2 Å². The van der Waals surface area contributed by atoms with Gasteiger partial charge in [0.15, 0.2) is 0 Å². The van der Waals surface area contributed by atoms with Crippen LogP contribution < -0.4 is 14.8 Å². The van der Waals surface area contributed by atoms with E-state index in [1.807, 2.05) is 29.2 Å². The number of hydrogen-bond acceptors (Lipinski definition) is 7. The third-order valence-electron chi connectivity index (χ3n) is 7.43. The Morgan fingerprint density at radius 2 is 1.89 bits per heavy atom. The number of carbonyl (C=O) groups excluding carboxylic acids is 1. The summed E-state index contributed by atoms with van der Waals surface area (Å²) in [5.41, 5.74) is 1.10. The highest BCUT2D eigenvalue weighted by atomic mass is 16.7. The number of ether oxygens (including phenoxy) is 4. The predicted octanol–water partition coefficient (Wildman–Crippen LogP) is 5.33. The van der Waals surface area contributed by atoms with Gasteiger partial charge >= 0.3 is 0 Å². The molecular formula is C30H45N3O5. The first-order valence-corrected chi connectivity index (χ1v) is 14.4. The highest BCUT2D eigenvalue weighted by Gasteiger charge is 2.30. The molecule has 2 aromatic rings. The summed E-state index contributed by atoms with van der Waals surface area (Å²) in [7, 11) is 1.61. The maximum absolute atomic E-state index is 14.0. The Balaban J connectivity index is 1.65. The summed E-state index contributed by atoms with van der Waals surface area (Å²) in [6, 6.07) is 7.97. The Labute approximate surface area is 227 Å². The Bertz CT molecular complexity index is 1020. The summed E-state index contributed by atoms with van der Waals surface area (Å²) >= 11 is 0. The average molecular weight is 528 g/mol. The normalized spacial score (nSPS) is 18.9. The number of nitrogens with zero attached hydrogens (tertiary/aromatic N) is 2. The van der Waals surface area contributed by atoms with Gasteiger partial charge < -0.3 is 29.2 Å². The SMILES string of the molecule is COCOCCCOc1cc(C(=O)N(C(C)C)[C@@H]2CCCNC2)nc2c(OC3CCCCCC3)cccc12. The molecule has 4 rings (SSSR count). The number of pyridine rings is 1. The minimum absolute atomic E-state index is 0.0599. The first-order valence-electron chi connectivity index (χ1n) is 14.4. The zero-order valence-corrected chi connectivity index (χ0v) is 23.4. The molecule has 2 aliphatic rings. The van der Waals surface area contributed by atoms with Gasteiger partial charge in [0.25, 0.3) is 5.91 Å². The molecule has 1 amide bonds. The third-order valence-corrected chi connectivity index (χ3v) is 7.43. The molecule has 0 unspecified atom stereocenters. The van der Waals surface area contributed by atoms with Gasteiger partial charge in [0.2, 0.25) is 0 Å². The van der Waals surface area contributed by atoms with Gasteiger partial charge in [0.05, 0.1) is 19.3 Å². The molecule has 1 aliphatic carbocycles. The van der Waals surface area contributed by atoms with Crippen LogP contribution in [-0.4, -0.2) is 74.2 Å². The van der Waals surface area contributed by atoms with Crippen molar-refractivity contribution in [2.45, 2.75) is 89.8 Å². The Morgan fingerprint density at radius 3 is 2.61 bits per heavy atom. The van der Waals surface area contributed by atoms with Crippen LogP contribution in [0.15, 0.2) is 24.3 Å². The minimum Gasteiger partial charge on any atom is -0.493 e. The highest BCUT2D eigenvalue weighted by Crippen LogP contribution is 2.34. The molecule has 1 saturated carbocycles. The zero-order valence-electron chi connectivity index (χ0n) is 23.4. The van der Waals surface area contributed by atoms with Crippen molar-refractivity contribution in [3.63, 3.8) is 0 Å². The summed E-state index contributed by atoms with van der Waals surface area (Å²) in [6.45, 7) is 7.22. The molecule has 1 aromatic carbocycles. The molecule has 8 heteroatoms. The molecule has 1 aromatic heterocycles. The van der Waals surface area contributed by atoms with Crippen LogP contribution in [0, 0.1) is 0 Å². The number of piperidine rings is 1. The van der Waals surface area contributed by atoms with E-state index in [4.69, 9.17) is 23.9 Å². The van der Waals surface area contributed by atoms with Gasteiger partial charge in [-0.25, -0.2) is 4.98 Å². The van der Waals surface area contributed by atoms with Crippen LogP contribution in [0.1, 0.15) is 82.1 Å². The van der Waals surface area contributed by atoms with Gasteiger partial charge in [-0.15, -0.1) is 0 Å². The maximum Gasteiger partial charge on any atom is 0.273 e. The number of hydrogen-bond donors (Lipinski definition) is 1. The first-order chi connectivity index (χ1) is 18.6. The first kappa shape index (κ1) is 28.6. The molecule has 2 heterocycles. The zero-order chi connectivity index (χ0) is 26.7. The second-order valence-corrected chi connectivity index (χ2v) is 10.7. The molecule has 8 nitrogen and oxygen atoms in total. The molecular weight excluding hydrogens is 482 g/mol. The Hall–Kier alpha value is -2.42. The number of carbonyl (C=O) groups is 1. The van der Waals surface area contributed by atoms with Crippen LogP contribution in [0.2, 0.25) is 0 Å². The summed E-state index contributed by atoms with van der Waals surface area (Å²) < 4.78 is 23.1. The van der Waals surface area contributed by atoms with Gasteiger partial charge in [0.1, 0.15) is 29.5 Å². The smallest absolute Gasteiger partial charge is 0.273 e. The van der Waals surface area contributed by atoms with Gasteiger partial charge in [-0.3, -0.25) is 4.79 Å². The number of aromatic nitrogens is 1. The number of methoxy groups -OCH3 is 1. The lowest BCUT2D eigenvalue weighted by atomic mass is 10.0. The fourth-order valence-electron chi connectivity index (χ4n) is 5.56. The molecule has 1 aliphatic heterocycles. The van der Waals surface area contributed by atoms with E-state index < -0.39 is 0 Å². The van der Waals surface area contributed by atoms with Crippen molar-refractivity contribution in [2.75, 3.05) is 40.2 Å². The van der Waals surface area contributed by atoms with Gasteiger partial charge in [-0.05, 0) is 71.0 Å². The van der Waals surface area contributed by atoms with Gasteiger partial charge in [-0.2, -0.15) is 0 Å². The van der Waals surface area contributed by atoms with Crippen molar-refractivity contribution >= 4 is 16.8 Å². The fourth-order valence-corrected chi connectivity index (χ4v) is 5.56. The maximum atomic E-state index is 14.0. The Morgan fingerprint density at radius 1 is 1.08 bits per heavy atom. The largest absolute Gasteiger partial charge is 0.493 e. The molecule has 0 bridgehead atoms. The van der Waals surface area contributed by atoms with E-state index in [0.29, 0.717) is 36.6 Å². The topological polar surface area (TPSA) is 82.2 Å². The summed E-state index contributed by atoms with van der Waals surface area (Å²) in [4.78, 5) is 20.9. The molecule has 210 valence electrons. The number of fused-ring (bicyclic) bond motifs is 1. The van der Waals surface area contributed by atoms with Crippen LogP contribution in [0.3, 0.4) is 0 Å². The van der Waals surface area contributed by atoms with Crippen molar-refractivity contribution < 1.29 is 23.7 Å². The second kappa shape index (κ2) is 14.7. The lowest BCUT2D eigenvalue weighted by Crippen LogP contribution is -2.51. The molecule has 0 spiro atoms. The molecule has 1 atom stereocenters. The lowest BCUT2D eigenvalue weighted by Gasteiger charge is -2.37. The van der Waals surface area contributed by atoms with E-state index in [2.05, 4.69) is 19.2 Å². The lowest BCUT2D eigenvalue weighted by molar-refractivity contribution is -0.0332. The monoisotopic (exact) mass is 527 g/mol. The van der Waals surface area contributed by atoms with Crippen LogP contribution in [0.4, 0.5) is 0 Å². The van der Waals surface area contributed by atoms with Crippen molar-refractivity contribution in [3.05, 3.63) is 30.0 Å². The molecule has 0 radical (unpaired) electrons. The number of para-hydroxylation sites is 1.